The summed E-state index contributed by atoms with van der Waals surface area (Å²) in [6.45, 7) is 15.2. The van der Waals surface area contributed by atoms with Crippen LogP contribution in [0.25, 0.3) is 0 Å². The predicted molar refractivity (Wildman–Crippen MR) is 124 cm³/mol. The van der Waals surface area contributed by atoms with Crippen molar-refractivity contribution in [1.82, 2.24) is 0 Å². The highest BCUT2D eigenvalue weighted by atomic mass is 14.6. The molecule has 0 nitrogen and oxygen atoms in total. The van der Waals surface area contributed by atoms with Gasteiger partial charge in [0.15, 0.2) is 0 Å². The maximum absolute atomic E-state index is 2.72. The van der Waals surface area contributed by atoms with Crippen molar-refractivity contribution in [2.45, 2.75) is 131 Å². The molecular formula is C28H52. The van der Waals surface area contributed by atoms with Crippen molar-refractivity contribution in [1.29, 1.82) is 0 Å². The van der Waals surface area contributed by atoms with Gasteiger partial charge < -0.3 is 0 Å². The lowest BCUT2D eigenvalue weighted by atomic mass is 9.51. The fourth-order valence-electron chi connectivity index (χ4n) is 8.44. The molecule has 0 aromatic carbocycles. The van der Waals surface area contributed by atoms with E-state index in [1.807, 2.05) is 0 Å². The molecule has 7 atom stereocenters. The summed E-state index contributed by atoms with van der Waals surface area (Å²) in [6.07, 6.45) is 21.0. The molecule has 0 bridgehead atoms. The van der Waals surface area contributed by atoms with Crippen LogP contribution in [0.15, 0.2) is 0 Å². The van der Waals surface area contributed by atoms with E-state index in [0.29, 0.717) is 10.8 Å². The zero-order valence-corrected chi connectivity index (χ0v) is 20.4. The molecule has 0 amide bonds. The van der Waals surface area contributed by atoms with Crippen molar-refractivity contribution in [2.75, 3.05) is 0 Å². The fourth-order valence-corrected chi connectivity index (χ4v) is 8.44. The second-order valence-electron chi connectivity index (χ2n) is 12.4. The SMILES string of the molecule is CCCC1CCCCC1(C)C1CCC2(C)C(CCC2C(C)CCCC(C)C)C1. The zero-order chi connectivity index (χ0) is 20.4. The maximum atomic E-state index is 2.72. The van der Waals surface area contributed by atoms with Crippen LogP contribution in [0.4, 0.5) is 0 Å². The average molecular weight is 389 g/mol. The Kier molecular flexibility index (Phi) is 7.64. The first-order valence-electron chi connectivity index (χ1n) is 13.3. The molecule has 3 saturated carbocycles. The molecule has 0 spiro atoms. The van der Waals surface area contributed by atoms with E-state index < -0.39 is 0 Å². The summed E-state index contributed by atoms with van der Waals surface area (Å²) >= 11 is 0. The van der Waals surface area contributed by atoms with Crippen LogP contribution in [-0.4, -0.2) is 0 Å². The number of fused-ring (bicyclic) bond motifs is 1. The third-order valence-corrected chi connectivity index (χ3v) is 10.4. The summed E-state index contributed by atoms with van der Waals surface area (Å²) in [5.41, 5.74) is 1.33. The minimum atomic E-state index is 0.663. The monoisotopic (exact) mass is 388 g/mol. The summed E-state index contributed by atoms with van der Waals surface area (Å²) in [5, 5.41) is 0. The number of rotatable bonds is 8. The van der Waals surface area contributed by atoms with E-state index in [0.717, 1.165) is 35.5 Å². The summed E-state index contributed by atoms with van der Waals surface area (Å²) in [7, 11) is 0. The second-order valence-corrected chi connectivity index (χ2v) is 12.4. The van der Waals surface area contributed by atoms with Crippen LogP contribution in [0.3, 0.4) is 0 Å². The summed E-state index contributed by atoms with van der Waals surface area (Å²) in [5.74, 6) is 5.91. The van der Waals surface area contributed by atoms with E-state index in [4.69, 9.17) is 0 Å². The Bertz CT molecular complexity index is 476. The molecule has 3 aliphatic rings. The van der Waals surface area contributed by atoms with Gasteiger partial charge in [0.25, 0.3) is 0 Å². The largest absolute Gasteiger partial charge is 0.0654 e. The summed E-state index contributed by atoms with van der Waals surface area (Å²) in [6, 6.07) is 0. The van der Waals surface area contributed by atoms with Gasteiger partial charge in [0, 0.05) is 0 Å². The van der Waals surface area contributed by atoms with Crippen LogP contribution in [0.5, 0.6) is 0 Å². The van der Waals surface area contributed by atoms with Gasteiger partial charge in [-0.2, -0.15) is 0 Å². The fraction of sp³-hybridized carbons (Fsp3) is 1.00. The molecule has 0 radical (unpaired) electrons. The Morgan fingerprint density at radius 2 is 1.57 bits per heavy atom. The lowest BCUT2D eigenvalue weighted by molar-refractivity contribution is -0.0394. The molecular weight excluding hydrogens is 336 g/mol. The van der Waals surface area contributed by atoms with Crippen LogP contribution in [0.2, 0.25) is 0 Å². The predicted octanol–water partition coefficient (Wildman–Crippen LogP) is 9.28. The van der Waals surface area contributed by atoms with E-state index in [2.05, 4.69) is 41.5 Å². The Labute approximate surface area is 178 Å². The first-order valence-corrected chi connectivity index (χ1v) is 13.3. The molecule has 0 N–H and O–H groups in total. The van der Waals surface area contributed by atoms with Crippen LogP contribution in [0, 0.1) is 46.3 Å². The minimum absolute atomic E-state index is 0.663. The molecule has 0 heterocycles. The minimum Gasteiger partial charge on any atom is -0.0654 e. The van der Waals surface area contributed by atoms with Gasteiger partial charge in [-0.25, -0.2) is 0 Å². The molecule has 164 valence electrons. The van der Waals surface area contributed by atoms with Gasteiger partial charge in [0.1, 0.15) is 0 Å². The van der Waals surface area contributed by atoms with Gasteiger partial charge in [-0.3, -0.25) is 0 Å². The zero-order valence-electron chi connectivity index (χ0n) is 20.4. The highest BCUT2D eigenvalue weighted by molar-refractivity contribution is 5.03. The molecule has 0 aromatic rings. The van der Waals surface area contributed by atoms with Crippen LogP contribution < -0.4 is 0 Å². The summed E-state index contributed by atoms with van der Waals surface area (Å²) < 4.78 is 0. The third-order valence-electron chi connectivity index (χ3n) is 10.4. The van der Waals surface area contributed by atoms with E-state index in [1.54, 1.807) is 19.3 Å². The first kappa shape index (κ1) is 22.7. The van der Waals surface area contributed by atoms with Gasteiger partial charge in [-0.15, -0.1) is 0 Å². The standard InChI is InChI=1S/C28H52/c1-7-11-23-14-8-9-18-27(23,5)25-17-19-28(6)24(20-25)15-16-26(28)22(4)13-10-12-21(2)3/h21-26H,7-20H2,1-6H3. The first-order chi connectivity index (χ1) is 13.3. The van der Waals surface area contributed by atoms with Crippen molar-refractivity contribution < 1.29 is 0 Å². The van der Waals surface area contributed by atoms with Gasteiger partial charge >= 0.3 is 0 Å². The van der Waals surface area contributed by atoms with Crippen LogP contribution in [-0.2, 0) is 0 Å². The number of hydrogen-bond acceptors (Lipinski definition) is 0. The smallest absolute Gasteiger partial charge is 0.0266 e. The topological polar surface area (TPSA) is 0 Å². The van der Waals surface area contributed by atoms with Gasteiger partial charge in [0.05, 0.1) is 0 Å². The van der Waals surface area contributed by atoms with Crippen molar-refractivity contribution in [3.63, 3.8) is 0 Å². The van der Waals surface area contributed by atoms with Crippen LogP contribution in [0.1, 0.15) is 131 Å². The van der Waals surface area contributed by atoms with Gasteiger partial charge in [0.2, 0.25) is 0 Å². The van der Waals surface area contributed by atoms with E-state index >= 15 is 0 Å². The molecule has 0 saturated heterocycles. The van der Waals surface area contributed by atoms with E-state index in [-0.39, 0.29) is 0 Å². The Morgan fingerprint density at radius 1 is 0.821 bits per heavy atom. The lowest BCUT2D eigenvalue weighted by Gasteiger charge is -2.54. The quantitative estimate of drug-likeness (QED) is 0.388. The molecule has 0 aromatic heterocycles. The van der Waals surface area contributed by atoms with Crippen molar-refractivity contribution in [3.8, 4) is 0 Å². The molecule has 3 fully saturated rings. The normalized spacial score (nSPS) is 42.5. The molecule has 28 heavy (non-hydrogen) atoms. The highest BCUT2D eigenvalue weighted by Crippen LogP contribution is 2.63. The molecule has 3 rings (SSSR count). The number of hydrogen-bond donors (Lipinski definition) is 0. The Morgan fingerprint density at radius 3 is 2.29 bits per heavy atom. The molecule has 0 heteroatoms. The van der Waals surface area contributed by atoms with E-state index in [1.165, 1.54) is 70.6 Å². The third kappa shape index (κ3) is 4.51. The maximum Gasteiger partial charge on any atom is -0.0266 e. The average Bonchev–Trinajstić information content (AvgIpc) is 2.99. The van der Waals surface area contributed by atoms with Crippen LogP contribution >= 0.6 is 0 Å². The van der Waals surface area contributed by atoms with Crippen molar-refractivity contribution >= 4 is 0 Å². The Hall–Kier alpha value is 0. The lowest BCUT2D eigenvalue weighted by Crippen LogP contribution is -2.45. The summed E-state index contributed by atoms with van der Waals surface area (Å²) in [4.78, 5) is 0. The van der Waals surface area contributed by atoms with Crippen molar-refractivity contribution in [3.05, 3.63) is 0 Å². The van der Waals surface area contributed by atoms with Gasteiger partial charge in [-0.1, -0.05) is 86.5 Å². The van der Waals surface area contributed by atoms with Gasteiger partial charge in [-0.05, 0) is 91.3 Å². The Balaban J connectivity index is 1.63. The second kappa shape index (κ2) is 9.43. The molecule has 0 aliphatic heterocycles. The molecule has 7 unspecified atom stereocenters. The van der Waals surface area contributed by atoms with E-state index in [9.17, 15) is 0 Å². The molecule has 3 aliphatic carbocycles. The highest BCUT2D eigenvalue weighted by Gasteiger charge is 2.54. The van der Waals surface area contributed by atoms with Crippen molar-refractivity contribution in [2.24, 2.45) is 46.3 Å².